The first-order valence-corrected chi connectivity index (χ1v) is 6.79. The molecule has 0 saturated carbocycles. The van der Waals surface area contributed by atoms with Crippen LogP contribution in [0.4, 0.5) is 14.5 Å². The van der Waals surface area contributed by atoms with E-state index < -0.39 is 17.6 Å². The molecular weight excluding hydrogens is 292 g/mol. The normalized spacial score (nSPS) is 18.8. The highest BCUT2D eigenvalue weighted by atomic mass is 19.1. The summed E-state index contributed by atoms with van der Waals surface area (Å²) in [5.41, 5.74) is 1.76. The second kappa shape index (κ2) is 4.69. The molecule has 2 aromatic carbocycles. The van der Waals surface area contributed by atoms with Crippen LogP contribution in [-0.4, -0.2) is 12.7 Å². The van der Waals surface area contributed by atoms with Crippen molar-refractivity contribution in [3.05, 3.63) is 53.1 Å². The monoisotopic (exact) mass is 303 g/mol. The zero-order valence-corrected chi connectivity index (χ0v) is 11.4. The van der Waals surface area contributed by atoms with Crippen LogP contribution in [0.25, 0.3) is 0 Å². The first-order valence-electron chi connectivity index (χ1n) is 6.79. The lowest BCUT2D eigenvalue weighted by molar-refractivity contribution is -0.116. The molecule has 0 radical (unpaired) electrons. The molecule has 2 aromatic rings. The fourth-order valence-electron chi connectivity index (χ4n) is 2.92. The molecule has 0 aromatic heterocycles. The van der Waals surface area contributed by atoms with E-state index in [1.54, 1.807) is 12.1 Å². The topological polar surface area (TPSA) is 47.6 Å². The Labute approximate surface area is 124 Å². The average Bonchev–Trinajstić information content (AvgIpc) is 2.90. The predicted octanol–water partition coefficient (Wildman–Crippen LogP) is 3.17. The fourth-order valence-corrected chi connectivity index (χ4v) is 2.92. The third-order valence-corrected chi connectivity index (χ3v) is 3.87. The van der Waals surface area contributed by atoms with Gasteiger partial charge in [-0.1, -0.05) is 0 Å². The Morgan fingerprint density at radius 1 is 1.00 bits per heavy atom. The number of carbonyl (C=O) groups is 1. The van der Waals surface area contributed by atoms with E-state index in [2.05, 4.69) is 5.32 Å². The molecule has 0 fully saturated rings. The number of nitrogens with one attached hydrogen (secondary N) is 1. The van der Waals surface area contributed by atoms with Gasteiger partial charge in [0.25, 0.3) is 0 Å². The minimum Gasteiger partial charge on any atom is -0.454 e. The lowest BCUT2D eigenvalue weighted by atomic mass is 9.84. The molecule has 4 nitrogen and oxygen atoms in total. The number of amides is 1. The Balaban J connectivity index is 1.86. The quantitative estimate of drug-likeness (QED) is 0.880. The molecule has 2 aliphatic rings. The summed E-state index contributed by atoms with van der Waals surface area (Å²) in [5, 5.41) is 2.76. The average molecular weight is 303 g/mol. The van der Waals surface area contributed by atoms with Crippen LogP contribution >= 0.6 is 0 Å². The molecule has 0 spiro atoms. The Morgan fingerprint density at radius 3 is 2.41 bits per heavy atom. The number of hydrogen-bond acceptors (Lipinski definition) is 3. The molecule has 1 atom stereocenters. The first-order chi connectivity index (χ1) is 10.6. The van der Waals surface area contributed by atoms with E-state index in [0.29, 0.717) is 22.7 Å². The van der Waals surface area contributed by atoms with Crippen molar-refractivity contribution < 1.29 is 23.0 Å². The van der Waals surface area contributed by atoms with Gasteiger partial charge in [-0.25, -0.2) is 8.78 Å². The highest BCUT2D eigenvalue weighted by molar-refractivity contribution is 5.96. The van der Waals surface area contributed by atoms with Crippen molar-refractivity contribution in [3.63, 3.8) is 0 Å². The summed E-state index contributed by atoms with van der Waals surface area (Å²) in [6.07, 6.45) is 0.121. The molecule has 1 unspecified atom stereocenters. The number of benzene rings is 2. The van der Waals surface area contributed by atoms with E-state index in [9.17, 15) is 13.6 Å². The summed E-state index contributed by atoms with van der Waals surface area (Å²) in [5.74, 6) is -0.849. The van der Waals surface area contributed by atoms with Gasteiger partial charge < -0.3 is 14.8 Å². The van der Waals surface area contributed by atoms with Gasteiger partial charge in [-0.15, -0.1) is 0 Å². The Morgan fingerprint density at radius 2 is 1.68 bits per heavy atom. The lowest BCUT2D eigenvalue weighted by Crippen LogP contribution is -2.23. The number of hydrogen-bond donors (Lipinski definition) is 1. The second-order valence-corrected chi connectivity index (χ2v) is 5.30. The number of fused-ring (bicyclic) bond motifs is 2. The molecule has 1 amide bonds. The van der Waals surface area contributed by atoms with Crippen molar-refractivity contribution in [2.45, 2.75) is 12.3 Å². The molecule has 0 bridgehead atoms. The van der Waals surface area contributed by atoms with Gasteiger partial charge in [0.1, 0.15) is 11.6 Å². The van der Waals surface area contributed by atoms with Gasteiger partial charge in [0.05, 0.1) is 0 Å². The van der Waals surface area contributed by atoms with Crippen LogP contribution in [0.1, 0.15) is 23.5 Å². The van der Waals surface area contributed by atoms with Crippen molar-refractivity contribution in [1.82, 2.24) is 0 Å². The smallest absolute Gasteiger partial charge is 0.231 e. The second-order valence-electron chi connectivity index (χ2n) is 5.30. The Hall–Kier alpha value is -2.63. The third-order valence-electron chi connectivity index (χ3n) is 3.87. The summed E-state index contributed by atoms with van der Waals surface area (Å²) < 4.78 is 37.6. The van der Waals surface area contributed by atoms with Gasteiger partial charge in [0.2, 0.25) is 12.7 Å². The van der Waals surface area contributed by atoms with Crippen LogP contribution in [0.15, 0.2) is 30.3 Å². The molecule has 1 N–H and O–H groups in total. The van der Waals surface area contributed by atoms with Crippen LogP contribution in [-0.2, 0) is 4.79 Å². The molecule has 2 heterocycles. The number of carbonyl (C=O) groups excluding carboxylic acids is 1. The molecular formula is C16H11F2NO3. The molecule has 6 heteroatoms. The van der Waals surface area contributed by atoms with Gasteiger partial charge in [0.15, 0.2) is 11.5 Å². The molecule has 22 heavy (non-hydrogen) atoms. The van der Waals surface area contributed by atoms with Crippen LogP contribution < -0.4 is 14.8 Å². The van der Waals surface area contributed by atoms with E-state index in [0.717, 1.165) is 11.6 Å². The zero-order chi connectivity index (χ0) is 15.3. The zero-order valence-electron chi connectivity index (χ0n) is 11.4. The van der Waals surface area contributed by atoms with E-state index in [4.69, 9.17) is 9.47 Å². The molecule has 0 saturated heterocycles. The Bertz CT molecular complexity index is 771. The van der Waals surface area contributed by atoms with Crippen LogP contribution in [0.3, 0.4) is 0 Å². The maximum absolute atomic E-state index is 13.5. The largest absolute Gasteiger partial charge is 0.454 e. The number of halogens is 2. The molecule has 4 rings (SSSR count). The maximum atomic E-state index is 13.5. The maximum Gasteiger partial charge on any atom is 0.231 e. The van der Waals surface area contributed by atoms with Crippen molar-refractivity contribution >= 4 is 11.6 Å². The third kappa shape index (κ3) is 2.07. The number of ether oxygens (including phenoxy) is 2. The Kier molecular flexibility index (Phi) is 2.79. The molecule has 0 aliphatic carbocycles. The van der Waals surface area contributed by atoms with Crippen LogP contribution in [0.5, 0.6) is 11.5 Å². The van der Waals surface area contributed by atoms with Gasteiger partial charge in [0, 0.05) is 30.2 Å². The molecule has 112 valence electrons. The standard InChI is InChI=1S/C16H11F2NO3/c17-9-1-8(2-10(18)3-9)11-5-16(20)19-13-6-15-14(4-12(11)13)21-7-22-15/h1-4,6,11H,5,7H2,(H,19,20). The van der Waals surface area contributed by atoms with Crippen molar-refractivity contribution in [2.75, 3.05) is 12.1 Å². The summed E-state index contributed by atoms with van der Waals surface area (Å²) in [6.45, 7) is 0.117. The van der Waals surface area contributed by atoms with Crippen molar-refractivity contribution in [3.8, 4) is 11.5 Å². The molecule has 2 aliphatic heterocycles. The van der Waals surface area contributed by atoms with Crippen LogP contribution in [0, 0.1) is 11.6 Å². The lowest BCUT2D eigenvalue weighted by Gasteiger charge is -2.26. The highest BCUT2D eigenvalue weighted by Gasteiger charge is 2.30. The minimum absolute atomic E-state index is 0.117. The summed E-state index contributed by atoms with van der Waals surface area (Å²) >= 11 is 0. The van der Waals surface area contributed by atoms with Gasteiger partial charge in [-0.05, 0) is 29.3 Å². The van der Waals surface area contributed by atoms with Crippen LogP contribution in [0.2, 0.25) is 0 Å². The van der Waals surface area contributed by atoms with E-state index >= 15 is 0 Å². The number of anilines is 1. The number of rotatable bonds is 1. The predicted molar refractivity (Wildman–Crippen MR) is 74.0 cm³/mol. The van der Waals surface area contributed by atoms with E-state index in [1.165, 1.54) is 12.1 Å². The van der Waals surface area contributed by atoms with E-state index in [1.807, 2.05) is 0 Å². The van der Waals surface area contributed by atoms with Crippen molar-refractivity contribution in [1.29, 1.82) is 0 Å². The van der Waals surface area contributed by atoms with Gasteiger partial charge in [-0.2, -0.15) is 0 Å². The van der Waals surface area contributed by atoms with Crippen molar-refractivity contribution in [2.24, 2.45) is 0 Å². The van der Waals surface area contributed by atoms with Gasteiger partial charge in [-0.3, -0.25) is 4.79 Å². The summed E-state index contributed by atoms with van der Waals surface area (Å²) in [6, 6.07) is 6.75. The highest BCUT2D eigenvalue weighted by Crippen LogP contribution is 2.44. The SMILES string of the molecule is O=C1CC(c2cc(F)cc(F)c2)c2cc3c(cc2N1)OCO3. The van der Waals surface area contributed by atoms with Gasteiger partial charge >= 0.3 is 0 Å². The van der Waals surface area contributed by atoms with E-state index in [-0.39, 0.29) is 19.1 Å². The summed E-state index contributed by atoms with van der Waals surface area (Å²) in [4.78, 5) is 11.9. The first kappa shape index (κ1) is 13.1. The minimum atomic E-state index is -0.664. The summed E-state index contributed by atoms with van der Waals surface area (Å²) in [7, 11) is 0. The fraction of sp³-hybridized carbons (Fsp3) is 0.188.